The second-order valence-electron chi connectivity index (χ2n) is 3.21. The molecule has 2 aromatic heterocycles. The van der Waals surface area contributed by atoms with Crippen molar-refractivity contribution in [1.82, 2.24) is 15.3 Å². The van der Waals surface area contributed by atoms with Crippen LogP contribution in [0.25, 0.3) is 0 Å². The lowest BCUT2D eigenvalue weighted by Crippen LogP contribution is -2.24. The summed E-state index contributed by atoms with van der Waals surface area (Å²) >= 11 is 1.01. The molecule has 2 rings (SSSR count). The maximum Gasteiger partial charge on any atom is 0.304 e. The van der Waals surface area contributed by atoms with E-state index in [1.165, 1.54) is 12.3 Å². The molecule has 2 N–H and O–H groups in total. The highest BCUT2D eigenvalue weighted by molar-refractivity contribution is 7.07. The molecule has 0 fully saturated rings. The molecule has 0 saturated carbocycles. The Morgan fingerprint density at radius 3 is 3.06 bits per heavy atom. The number of pyridine rings is 1. The lowest BCUT2D eigenvalue weighted by atomic mass is 10.2. The molecule has 5 nitrogen and oxygen atoms in total. The zero-order valence-electron chi connectivity index (χ0n) is 8.57. The minimum atomic E-state index is -0.677. The molecule has 0 atom stereocenters. The van der Waals surface area contributed by atoms with E-state index in [0.29, 0.717) is 5.69 Å². The fourth-order valence-corrected chi connectivity index (χ4v) is 1.81. The van der Waals surface area contributed by atoms with Crippen molar-refractivity contribution in [3.05, 3.63) is 50.6 Å². The van der Waals surface area contributed by atoms with Crippen molar-refractivity contribution in [3.8, 4) is 0 Å². The molecular formula is C10H8FN3O2S. The lowest BCUT2D eigenvalue weighted by molar-refractivity contribution is 0.0946. The SMILES string of the molecule is O=C(NCc1csc(=O)[nH]1)c1ccncc1F. The predicted octanol–water partition coefficient (Wildman–Crippen LogP) is 0.901. The smallest absolute Gasteiger partial charge is 0.304 e. The van der Waals surface area contributed by atoms with Gasteiger partial charge < -0.3 is 10.3 Å². The van der Waals surface area contributed by atoms with Crippen molar-refractivity contribution >= 4 is 17.2 Å². The first kappa shape index (κ1) is 11.5. The van der Waals surface area contributed by atoms with Gasteiger partial charge in [-0.1, -0.05) is 11.3 Å². The van der Waals surface area contributed by atoms with Crippen molar-refractivity contribution in [2.75, 3.05) is 0 Å². The summed E-state index contributed by atoms with van der Waals surface area (Å²) in [5, 5.41) is 4.10. The summed E-state index contributed by atoms with van der Waals surface area (Å²) in [5.41, 5.74) is 0.514. The number of rotatable bonds is 3. The number of halogens is 1. The van der Waals surface area contributed by atoms with E-state index in [9.17, 15) is 14.0 Å². The summed E-state index contributed by atoms with van der Waals surface area (Å²) in [5.74, 6) is -1.22. The van der Waals surface area contributed by atoms with Crippen LogP contribution in [0.2, 0.25) is 0 Å². The monoisotopic (exact) mass is 253 g/mol. The molecule has 2 heterocycles. The third kappa shape index (κ3) is 2.76. The summed E-state index contributed by atoms with van der Waals surface area (Å²) < 4.78 is 13.2. The van der Waals surface area contributed by atoms with Crippen LogP contribution >= 0.6 is 11.3 Å². The Morgan fingerprint density at radius 1 is 1.59 bits per heavy atom. The highest BCUT2D eigenvalue weighted by Gasteiger charge is 2.10. The number of thiazole rings is 1. The van der Waals surface area contributed by atoms with Gasteiger partial charge in [-0.05, 0) is 6.07 Å². The summed E-state index contributed by atoms with van der Waals surface area (Å²) in [4.78, 5) is 28.3. The standard InChI is InChI=1S/C10H8FN3O2S/c11-8-4-12-2-1-7(8)9(15)13-3-6-5-17-10(16)14-6/h1-2,4-5H,3H2,(H,13,15)(H,14,16). The molecule has 0 aliphatic rings. The van der Waals surface area contributed by atoms with E-state index in [2.05, 4.69) is 15.3 Å². The second-order valence-corrected chi connectivity index (χ2v) is 4.05. The van der Waals surface area contributed by atoms with Crippen LogP contribution in [0.3, 0.4) is 0 Å². The summed E-state index contributed by atoms with van der Waals surface area (Å²) in [6, 6.07) is 1.29. The number of amides is 1. The molecule has 0 aliphatic carbocycles. The molecule has 2 aromatic rings. The van der Waals surface area contributed by atoms with Crippen LogP contribution in [-0.2, 0) is 6.54 Å². The first-order valence-corrected chi connectivity index (χ1v) is 5.59. The first-order chi connectivity index (χ1) is 8.16. The Hall–Kier alpha value is -2.02. The van der Waals surface area contributed by atoms with Gasteiger partial charge in [-0.3, -0.25) is 14.6 Å². The van der Waals surface area contributed by atoms with Crippen LogP contribution in [0.1, 0.15) is 16.1 Å². The maximum absolute atomic E-state index is 13.2. The molecule has 88 valence electrons. The van der Waals surface area contributed by atoms with Gasteiger partial charge >= 0.3 is 4.87 Å². The van der Waals surface area contributed by atoms with Crippen molar-refractivity contribution in [2.24, 2.45) is 0 Å². The van der Waals surface area contributed by atoms with Gasteiger partial charge in [-0.2, -0.15) is 0 Å². The average molecular weight is 253 g/mol. The van der Waals surface area contributed by atoms with Gasteiger partial charge in [0, 0.05) is 17.3 Å². The second kappa shape index (κ2) is 4.88. The molecule has 0 aliphatic heterocycles. The van der Waals surface area contributed by atoms with Crippen LogP contribution in [0, 0.1) is 5.82 Å². The van der Waals surface area contributed by atoms with Crippen LogP contribution in [-0.4, -0.2) is 15.9 Å². The van der Waals surface area contributed by atoms with Crippen LogP contribution in [0.5, 0.6) is 0 Å². The molecule has 0 aromatic carbocycles. The zero-order chi connectivity index (χ0) is 12.3. The summed E-state index contributed by atoms with van der Waals surface area (Å²) in [6.07, 6.45) is 2.31. The Bertz CT molecular complexity index is 593. The van der Waals surface area contributed by atoms with E-state index in [1.807, 2.05) is 0 Å². The predicted molar refractivity (Wildman–Crippen MR) is 60.3 cm³/mol. The van der Waals surface area contributed by atoms with E-state index >= 15 is 0 Å². The number of nitrogens with zero attached hydrogens (tertiary/aromatic N) is 1. The maximum atomic E-state index is 13.2. The third-order valence-electron chi connectivity index (χ3n) is 2.03. The van der Waals surface area contributed by atoms with Gasteiger partial charge in [0.25, 0.3) is 5.91 Å². The van der Waals surface area contributed by atoms with Crippen LogP contribution in [0.15, 0.2) is 28.6 Å². The van der Waals surface area contributed by atoms with E-state index in [4.69, 9.17) is 0 Å². The third-order valence-corrected chi connectivity index (χ3v) is 2.75. The Kier molecular flexibility index (Phi) is 3.29. The topological polar surface area (TPSA) is 74.8 Å². The number of H-pyrrole nitrogens is 1. The molecule has 0 radical (unpaired) electrons. The van der Waals surface area contributed by atoms with Gasteiger partial charge in [0.1, 0.15) is 0 Å². The minimum absolute atomic E-state index is 0.0717. The fraction of sp³-hybridized carbons (Fsp3) is 0.100. The number of aromatic nitrogens is 2. The number of hydrogen-bond donors (Lipinski definition) is 2. The molecular weight excluding hydrogens is 245 g/mol. The quantitative estimate of drug-likeness (QED) is 0.853. The first-order valence-electron chi connectivity index (χ1n) is 4.71. The molecule has 1 amide bonds. The van der Waals surface area contributed by atoms with Crippen molar-refractivity contribution < 1.29 is 9.18 Å². The van der Waals surface area contributed by atoms with Gasteiger partial charge in [-0.25, -0.2) is 4.39 Å². The van der Waals surface area contributed by atoms with E-state index in [1.54, 1.807) is 5.38 Å². The lowest BCUT2D eigenvalue weighted by Gasteiger charge is -2.03. The molecule has 0 bridgehead atoms. The highest BCUT2D eigenvalue weighted by Crippen LogP contribution is 2.04. The summed E-state index contributed by atoms with van der Waals surface area (Å²) in [6.45, 7) is 0.152. The number of carbonyl (C=O) groups is 1. The van der Waals surface area contributed by atoms with E-state index in [-0.39, 0.29) is 17.0 Å². The van der Waals surface area contributed by atoms with Gasteiger partial charge in [0.05, 0.1) is 18.3 Å². The van der Waals surface area contributed by atoms with E-state index < -0.39 is 11.7 Å². The summed E-state index contributed by atoms with van der Waals surface area (Å²) in [7, 11) is 0. The van der Waals surface area contributed by atoms with Crippen molar-refractivity contribution in [3.63, 3.8) is 0 Å². The van der Waals surface area contributed by atoms with Gasteiger partial charge in [0.2, 0.25) is 0 Å². The van der Waals surface area contributed by atoms with Crippen LogP contribution in [0.4, 0.5) is 4.39 Å². The molecule has 0 unspecified atom stereocenters. The molecule has 7 heteroatoms. The average Bonchev–Trinajstić information content (AvgIpc) is 2.73. The van der Waals surface area contributed by atoms with Crippen molar-refractivity contribution in [2.45, 2.75) is 6.54 Å². The molecule has 0 spiro atoms. The Morgan fingerprint density at radius 2 is 2.41 bits per heavy atom. The fourth-order valence-electron chi connectivity index (χ4n) is 1.23. The Balaban J connectivity index is 2.03. The number of hydrogen-bond acceptors (Lipinski definition) is 4. The Labute approximate surface area is 99.3 Å². The highest BCUT2D eigenvalue weighted by atomic mass is 32.1. The molecule has 17 heavy (non-hydrogen) atoms. The van der Waals surface area contributed by atoms with E-state index in [0.717, 1.165) is 17.5 Å². The van der Waals surface area contributed by atoms with Crippen LogP contribution < -0.4 is 10.2 Å². The minimum Gasteiger partial charge on any atom is -0.346 e. The number of aromatic amines is 1. The largest absolute Gasteiger partial charge is 0.346 e. The van der Waals surface area contributed by atoms with Crippen molar-refractivity contribution in [1.29, 1.82) is 0 Å². The molecule has 0 saturated heterocycles. The normalized spacial score (nSPS) is 10.2. The van der Waals surface area contributed by atoms with Gasteiger partial charge in [-0.15, -0.1) is 0 Å². The zero-order valence-corrected chi connectivity index (χ0v) is 9.38. The number of nitrogens with one attached hydrogen (secondary N) is 2. The number of carbonyl (C=O) groups excluding carboxylic acids is 1. The van der Waals surface area contributed by atoms with Gasteiger partial charge in [0.15, 0.2) is 5.82 Å².